The summed E-state index contributed by atoms with van der Waals surface area (Å²) in [6, 6.07) is 7.03. The van der Waals surface area contributed by atoms with Crippen LogP contribution in [0.1, 0.15) is 37.7 Å². The summed E-state index contributed by atoms with van der Waals surface area (Å²) < 4.78 is 0. The SMILES string of the molecule is O=C(CN1[C@H](C(=O)O)C[C@@H]2CCCC[C@@H]21)NCc1ccc(Cl)cc1. The number of nitrogens with zero attached hydrogens (tertiary/aromatic N) is 1. The fourth-order valence-corrected chi connectivity index (χ4v) is 4.17. The van der Waals surface area contributed by atoms with Crippen LogP contribution in [0, 0.1) is 5.92 Å². The minimum Gasteiger partial charge on any atom is -0.480 e. The van der Waals surface area contributed by atoms with E-state index in [-0.39, 0.29) is 18.5 Å². The Bertz CT molecular complexity index is 605. The van der Waals surface area contributed by atoms with Crippen LogP contribution in [0.15, 0.2) is 24.3 Å². The van der Waals surface area contributed by atoms with Crippen molar-refractivity contribution in [1.82, 2.24) is 10.2 Å². The molecule has 1 heterocycles. The van der Waals surface area contributed by atoms with Gasteiger partial charge in [-0.05, 0) is 42.9 Å². The lowest BCUT2D eigenvalue weighted by atomic mass is 9.85. The summed E-state index contributed by atoms with van der Waals surface area (Å²) in [5, 5.41) is 13.0. The fourth-order valence-electron chi connectivity index (χ4n) is 4.05. The van der Waals surface area contributed by atoms with Crippen molar-refractivity contribution < 1.29 is 14.7 Å². The molecule has 5 nitrogen and oxygen atoms in total. The summed E-state index contributed by atoms with van der Waals surface area (Å²) in [5.74, 6) is -0.513. The molecule has 0 unspecified atom stereocenters. The van der Waals surface area contributed by atoms with Crippen LogP contribution in [0.2, 0.25) is 5.02 Å². The second-order valence-corrected chi connectivity index (χ2v) is 7.21. The van der Waals surface area contributed by atoms with E-state index < -0.39 is 12.0 Å². The molecule has 1 aromatic carbocycles. The van der Waals surface area contributed by atoms with Crippen molar-refractivity contribution in [2.75, 3.05) is 6.54 Å². The Morgan fingerprint density at radius 2 is 1.92 bits per heavy atom. The zero-order valence-electron chi connectivity index (χ0n) is 13.6. The van der Waals surface area contributed by atoms with Gasteiger partial charge >= 0.3 is 5.97 Å². The van der Waals surface area contributed by atoms with Crippen molar-refractivity contribution in [1.29, 1.82) is 0 Å². The van der Waals surface area contributed by atoms with Crippen LogP contribution in [-0.4, -0.2) is 40.5 Å². The lowest BCUT2D eigenvalue weighted by Gasteiger charge is -2.32. The number of nitrogens with one attached hydrogen (secondary N) is 1. The third-order valence-electron chi connectivity index (χ3n) is 5.24. The van der Waals surface area contributed by atoms with Crippen LogP contribution in [0.3, 0.4) is 0 Å². The Balaban J connectivity index is 1.59. The predicted molar refractivity (Wildman–Crippen MR) is 91.8 cm³/mol. The van der Waals surface area contributed by atoms with Crippen LogP contribution in [0.4, 0.5) is 0 Å². The highest BCUT2D eigenvalue weighted by Gasteiger charge is 2.45. The first-order chi connectivity index (χ1) is 11.5. The molecule has 1 saturated heterocycles. The van der Waals surface area contributed by atoms with E-state index in [4.69, 9.17) is 11.6 Å². The molecular weight excluding hydrogens is 328 g/mol. The number of aliphatic carboxylic acids is 1. The highest BCUT2D eigenvalue weighted by Crippen LogP contribution is 2.39. The number of fused-ring (bicyclic) bond motifs is 1. The monoisotopic (exact) mass is 350 g/mol. The molecule has 1 saturated carbocycles. The normalized spacial score (nSPS) is 26.8. The van der Waals surface area contributed by atoms with Crippen LogP contribution in [-0.2, 0) is 16.1 Å². The topological polar surface area (TPSA) is 69.6 Å². The third kappa shape index (κ3) is 3.90. The average molecular weight is 351 g/mol. The first-order valence-electron chi connectivity index (χ1n) is 8.54. The number of likely N-dealkylation sites (tertiary alicyclic amines) is 1. The molecule has 1 aromatic rings. The van der Waals surface area contributed by atoms with Gasteiger partial charge < -0.3 is 10.4 Å². The smallest absolute Gasteiger partial charge is 0.320 e. The molecule has 2 N–H and O–H groups in total. The predicted octanol–water partition coefficient (Wildman–Crippen LogP) is 2.67. The van der Waals surface area contributed by atoms with Gasteiger partial charge in [0.2, 0.25) is 5.91 Å². The summed E-state index contributed by atoms with van der Waals surface area (Å²) in [5.41, 5.74) is 0.972. The van der Waals surface area contributed by atoms with Gasteiger partial charge in [-0.25, -0.2) is 0 Å². The number of hydrogen-bond acceptors (Lipinski definition) is 3. The maximum absolute atomic E-state index is 12.3. The first kappa shape index (κ1) is 17.2. The Hall–Kier alpha value is -1.59. The minimum atomic E-state index is -0.810. The fraction of sp³-hybridized carbons (Fsp3) is 0.556. The molecule has 1 amide bonds. The number of carbonyl (C=O) groups is 2. The number of rotatable bonds is 5. The minimum absolute atomic E-state index is 0.123. The molecule has 130 valence electrons. The lowest BCUT2D eigenvalue weighted by molar-refractivity contribution is -0.143. The second-order valence-electron chi connectivity index (χ2n) is 6.78. The lowest BCUT2D eigenvalue weighted by Crippen LogP contribution is -2.47. The van der Waals surface area contributed by atoms with Gasteiger partial charge in [-0.1, -0.05) is 36.6 Å². The van der Waals surface area contributed by atoms with Gasteiger partial charge in [0.05, 0.1) is 6.54 Å². The van der Waals surface area contributed by atoms with E-state index in [9.17, 15) is 14.7 Å². The number of benzene rings is 1. The first-order valence-corrected chi connectivity index (χ1v) is 8.92. The number of carboxylic acid groups (broad SMARTS) is 1. The Morgan fingerprint density at radius 1 is 1.21 bits per heavy atom. The molecule has 3 rings (SSSR count). The van der Waals surface area contributed by atoms with Crippen molar-refractivity contribution in [3.05, 3.63) is 34.9 Å². The summed E-state index contributed by atoms with van der Waals surface area (Å²) in [4.78, 5) is 25.8. The molecule has 24 heavy (non-hydrogen) atoms. The number of halogens is 1. The molecule has 1 aliphatic carbocycles. The van der Waals surface area contributed by atoms with E-state index in [1.807, 2.05) is 17.0 Å². The number of amides is 1. The van der Waals surface area contributed by atoms with Gasteiger partial charge in [0, 0.05) is 17.6 Å². The van der Waals surface area contributed by atoms with Crippen LogP contribution in [0.5, 0.6) is 0 Å². The van der Waals surface area contributed by atoms with Crippen LogP contribution >= 0.6 is 11.6 Å². The van der Waals surface area contributed by atoms with Gasteiger partial charge in [-0.2, -0.15) is 0 Å². The molecule has 1 aliphatic heterocycles. The van der Waals surface area contributed by atoms with Crippen molar-refractivity contribution in [3.8, 4) is 0 Å². The molecular formula is C18H23ClN2O3. The molecule has 0 radical (unpaired) electrons. The Kier molecular flexibility index (Phi) is 5.41. The van der Waals surface area contributed by atoms with Crippen molar-refractivity contribution in [3.63, 3.8) is 0 Å². The van der Waals surface area contributed by atoms with Gasteiger partial charge in [0.1, 0.15) is 6.04 Å². The van der Waals surface area contributed by atoms with Gasteiger partial charge in [-0.15, -0.1) is 0 Å². The van der Waals surface area contributed by atoms with E-state index in [1.54, 1.807) is 12.1 Å². The zero-order valence-corrected chi connectivity index (χ0v) is 14.3. The number of hydrogen-bond donors (Lipinski definition) is 2. The van der Waals surface area contributed by atoms with Crippen molar-refractivity contribution in [2.24, 2.45) is 5.92 Å². The highest BCUT2D eigenvalue weighted by atomic mass is 35.5. The molecule has 0 spiro atoms. The maximum Gasteiger partial charge on any atom is 0.320 e. The molecule has 2 fully saturated rings. The summed E-state index contributed by atoms with van der Waals surface area (Å²) in [6.45, 7) is 0.585. The summed E-state index contributed by atoms with van der Waals surface area (Å²) >= 11 is 5.85. The Morgan fingerprint density at radius 3 is 2.62 bits per heavy atom. The van der Waals surface area contributed by atoms with Crippen molar-refractivity contribution in [2.45, 2.75) is 50.7 Å². The second kappa shape index (κ2) is 7.53. The molecule has 0 aromatic heterocycles. The molecule has 2 aliphatic rings. The zero-order chi connectivity index (χ0) is 17.1. The highest BCUT2D eigenvalue weighted by molar-refractivity contribution is 6.30. The average Bonchev–Trinajstić information content (AvgIpc) is 2.93. The van der Waals surface area contributed by atoms with E-state index in [0.717, 1.165) is 24.8 Å². The Labute approximate surface area is 147 Å². The maximum atomic E-state index is 12.3. The van der Waals surface area contributed by atoms with E-state index in [2.05, 4.69) is 5.32 Å². The van der Waals surface area contributed by atoms with E-state index >= 15 is 0 Å². The van der Waals surface area contributed by atoms with E-state index in [1.165, 1.54) is 6.42 Å². The standard InChI is InChI=1S/C18H23ClN2O3/c19-14-7-5-12(6-8-14)10-20-17(22)11-21-15-4-2-1-3-13(15)9-16(21)18(23)24/h5-8,13,15-16H,1-4,9-11H2,(H,20,22)(H,23,24)/t13-,15-,16-/m0/s1. The van der Waals surface area contributed by atoms with E-state index in [0.29, 0.717) is 23.9 Å². The summed E-state index contributed by atoms with van der Waals surface area (Å²) in [7, 11) is 0. The van der Waals surface area contributed by atoms with Gasteiger partial charge in [-0.3, -0.25) is 14.5 Å². The number of carbonyl (C=O) groups excluding carboxylic acids is 1. The molecule has 0 bridgehead atoms. The quantitative estimate of drug-likeness (QED) is 0.856. The van der Waals surface area contributed by atoms with Crippen molar-refractivity contribution >= 4 is 23.5 Å². The van der Waals surface area contributed by atoms with Gasteiger partial charge in [0.25, 0.3) is 0 Å². The summed E-state index contributed by atoms with van der Waals surface area (Å²) in [6.07, 6.45) is 5.04. The van der Waals surface area contributed by atoms with Gasteiger partial charge in [0.15, 0.2) is 0 Å². The third-order valence-corrected chi connectivity index (χ3v) is 5.49. The number of carboxylic acids is 1. The molecule has 6 heteroatoms. The van der Waals surface area contributed by atoms with Crippen LogP contribution in [0.25, 0.3) is 0 Å². The molecule has 3 atom stereocenters. The largest absolute Gasteiger partial charge is 0.480 e. The van der Waals surface area contributed by atoms with Crippen LogP contribution < -0.4 is 5.32 Å².